The molecule has 4 aromatic heterocycles. The van der Waals surface area contributed by atoms with Gasteiger partial charge < -0.3 is 46.9 Å². The second-order valence-corrected chi connectivity index (χ2v) is 43.3. The lowest BCUT2D eigenvalue weighted by Crippen LogP contribution is -2.41. The molecule has 712 valence electrons. The Morgan fingerprint density at radius 1 is 0.241 bits per heavy atom. The van der Waals surface area contributed by atoms with Crippen molar-refractivity contribution in [1.29, 1.82) is 0 Å². The van der Waals surface area contributed by atoms with Gasteiger partial charge in [-0.15, -0.1) is 0 Å². The van der Waals surface area contributed by atoms with Crippen LogP contribution in [-0.4, -0.2) is 71.9 Å². The molecule has 18 heteroatoms. The number of hydrogen-bond donors (Lipinski definition) is 2. The van der Waals surface area contributed by atoms with Gasteiger partial charge in [0.2, 0.25) is 0 Å². The molecule has 10 nitrogen and oxygen atoms in total. The fraction of sp³-hybridized carbons (Fsp3) is 0.102. The van der Waals surface area contributed by atoms with Gasteiger partial charge >= 0.3 is 21.1 Å². The van der Waals surface area contributed by atoms with Crippen molar-refractivity contribution in [1.82, 2.24) is 18.3 Å². The largest absolute Gasteiger partial charge is 0.488 e. The zero-order valence-corrected chi connectivity index (χ0v) is 90.0. The molecule has 1 aliphatic carbocycles. The molecule has 24 aromatic rings. The minimum atomic E-state index is -1.46. The summed E-state index contributed by atoms with van der Waals surface area (Å²) < 4.78 is 38.8. The first-order valence-corrected chi connectivity index (χ1v) is 52.9. The molecule has 20 aromatic carbocycles. The van der Waals surface area contributed by atoms with Gasteiger partial charge in [0.1, 0.15) is 0 Å². The molecule has 6 heterocycles. The highest BCUT2D eigenvalue weighted by molar-refractivity contribution is 14.1. The molecule has 3 aliphatic rings. The summed E-state index contributed by atoms with van der Waals surface area (Å²) in [6.45, 7) is 16.2. The molecule has 0 saturated carbocycles. The van der Waals surface area contributed by atoms with Crippen LogP contribution in [0.3, 0.4) is 0 Å². The van der Waals surface area contributed by atoms with E-state index in [-0.39, 0.29) is 22.4 Å². The Kier molecular flexibility index (Phi) is 29.4. The maximum atomic E-state index is 9.43. The van der Waals surface area contributed by atoms with Crippen LogP contribution < -0.4 is 5.46 Å². The second-order valence-electron chi connectivity index (χ2n) is 38.4. The van der Waals surface area contributed by atoms with E-state index in [4.69, 9.17) is 18.6 Å². The van der Waals surface area contributed by atoms with Gasteiger partial charge in [-0.05, 0) is 319 Å². The van der Waals surface area contributed by atoms with Crippen molar-refractivity contribution in [2.45, 2.75) is 84.2 Å². The molecule has 2 aliphatic heterocycles. The Bertz CT molecular complexity index is 8650. The lowest BCUT2D eigenvalue weighted by molar-refractivity contribution is 0.00578. The predicted molar refractivity (Wildman–Crippen MR) is 634 cm³/mol. The van der Waals surface area contributed by atoms with Gasteiger partial charge in [-0.25, -0.2) is 0 Å². The second kappa shape index (κ2) is 43.0. The summed E-state index contributed by atoms with van der Waals surface area (Å²) in [6.07, 6.45) is 1.10. The van der Waals surface area contributed by atoms with Gasteiger partial charge in [0.15, 0.2) is 0 Å². The van der Waals surface area contributed by atoms with Crippen LogP contribution in [-0.2, 0) is 25.0 Å². The van der Waals surface area contributed by atoms with Crippen LogP contribution in [0.1, 0.15) is 66.5 Å². The van der Waals surface area contributed by atoms with Crippen LogP contribution in [0.2, 0.25) is 0 Å². The third kappa shape index (κ3) is 21.2. The SMILES string of the molecule is Brc1ccc(-c2ccc3c(c2)c2ccccc2n3-c2ccccc2)cc1.Brc1ccc(I)cc1.Brc1ccc2c(c1)c1ccccc1n2-c1ccc2ccccc2c1.Brc1ccc2ccccc2c1.CC1(C)OB(B2OC(C)(C)C(C)(C)O2)OC1(C)C.OB(O)c1ccc2c(c1)c1ccccc1n2-c1ccccc1.c1ccc2c(c1)Cc1ccccc1-2.c1ccc2cc(-n3c4ccccc4c4ccccc43)ccc2c1. The number of halogens is 5. The first-order chi connectivity index (χ1) is 70.3. The Labute approximate surface area is 893 Å². The summed E-state index contributed by atoms with van der Waals surface area (Å²) in [5.74, 6) is 0. The highest BCUT2D eigenvalue weighted by atomic mass is 127. The maximum Gasteiger partial charge on any atom is 0.488 e. The third-order valence-electron chi connectivity index (χ3n) is 28.1. The summed E-state index contributed by atoms with van der Waals surface area (Å²) in [5, 5.41) is 36.3. The molecule has 27 rings (SSSR count). The smallest absolute Gasteiger partial charge is 0.423 e. The number of nitrogens with zero attached hydrogens (tertiary/aromatic N) is 4. The van der Waals surface area contributed by atoms with Crippen molar-refractivity contribution in [2.24, 2.45) is 0 Å². The summed E-state index contributed by atoms with van der Waals surface area (Å²) >= 11 is 16.2. The van der Waals surface area contributed by atoms with Gasteiger partial charge in [0.25, 0.3) is 0 Å². The maximum absolute atomic E-state index is 9.43. The Morgan fingerprint density at radius 2 is 0.524 bits per heavy atom. The van der Waals surface area contributed by atoms with Crippen molar-refractivity contribution in [3.63, 3.8) is 0 Å². The van der Waals surface area contributed by atoms with Crippen LogP contribution in [0.15, 0.2) is 479 Å². The lowest BCUT2D eigenvalue weighted by Gasteiger charge is -2.32. The molecule has 2 N–H and O–H groups in total. The number of benzene rings is 20. The zero-order chi connectivity index (χ0) is 100. The number of para-hydroxylation sites is 7. The van der Waals surface area contributed by atoms with Gasteiger partial charge in [-0.3, -0.25) is 0 Å². The van der Waals surface area contributed by atoms with Crippen molar-refractivity contribution in [3.05, 3.63) is 494 Å². The molecule has 2 saturated heterocycles. The van der Waals surface area contributed by atoms with Gasteiger partial charge in [0.05, 0.1) is 66.5 Å². The van der Waals surface area contributed by atoms with Crippen molar-refractivity contribution in [2.75, 3.05) is 0 Å². The third-order valence-corrected chi connectivity index (χ3v) is 30.8. The molecule has 2 fully saturated rings. The van der Waals surface area contributed by atoms with Crippen LogP contribution in [0.5, 0.6) is 0 Å². The topological polar surface area (TPSA) is 97.1 Å². The standard InChI is InChI=1S/C24H16BrN.C22H14BrN.C22H15N.C18H14BNO2.C13H10.C12H24B2O4.C10H7Br.C6H4BrI/c25-19-13-10-17(11-14-19)18-12-15-24-22(16-18)21-8-4-5-9-23(21)26(24)20-6-2-1-3-7-20;23-17-10-12-22-20(14-17)19-7-3-4-8-21(19)24(22)18-11-9-15-5-1-2-6-16(15)13-18;1-2-8-17-15-18(14-13-16(17)7-1)23-21-11-5-3-9-19(21)20-10-4-6-12-22(20)23;21-19(22)13-10-11-18-16(12-13)15-8-4-5-9-17(15)20(18)14-6-2-1-3-7-14;1-3-7-12-10(5-1)9-11-6-2-4-8-13(11)12;1-9(2)10(3,4)16-13(15-9)14-17-11(5,6)12(7,8)18-14;11-10-6-5-8-3-1-2-4-9(8)7-10;7-5-1-3-6(8)4-2-5/h1-16H;1-14H;1-15H;1-12,21-22H;1-8H,9H2;1-8H3;1-7H;1-4H. The van der Waals surface area contributed by atoms with Crippen LogP contribution in [0.4, 0.5) is 0 Å². The van der Waals surface area contributed by atoms with Crippen molar-refractivity contribution >= 4 is 232 Å². The summed E-state index contributed by atoms with van der Waals surface area (Å²) in [4.78, 5) is 0. The molecule has 0 amide bonds. The number of fused-ring (bicyclic) bond motifs is 18. The van der Waals surface area contributed by atoms with E-state index in [1.165, 1.54) is 152 Å². The lowest BCUT2D eigenvalue weighted by atomic mass is 9.49. The van der Waals surface area contributed by atoms with Gasteiger partial charge in [-0.1, -0.05) is 361 Å². The summed E-state index contributed by atoms with van der Waals surface area (Å²) in [5.41, 5.74) is 21.6. The monoisotopic (exact) mass is 2260 g/mol. The minimum Gasteiger partial charge on any atom is -0.423 e. The quantitative estimate of drug-likeness (QED) is 0.122. The first kappa shape index (κ1) is 99.3. The summed E-state index contributed by atoms with van der Waals surface area (Å²) in [7, 11) is -2.41. The Hall–Kier alpha value is -13.0. The van der Waals surface area contributed by atoms with Crippen LogP contribution >= 0.6 is 86.3 Å². The predicted octanol–water partition coefficient (Wildman–Crippen LogP) is 34.5. The van der Waals surface area contributed by atoms with E-state index in [2.05, 4.69) is 505 Å². The normalized spacial score (nSPS) is 13.8. The minimum absolute atomic E-state index is 0.360. The van der Waals surface area contributed by atoms with Crippen LogP contribution in [0.25, 0.3) is 165 Å². The highest BCUT2D eigenvalue weighted by Crippen LogP contribution is 2.46. The Morgan fingerprint density at radius 3 is 0.931 bits per heavy atom. The molecule has 0 spiro atoms. The zero-order valence-electron chi connectivity index (χ0n) is 81.5. The average molecular weight is 2260 g/mol. The van der Waals surface area contributed by atoms with E-state index in [0.29, 0.717) is 5.46 Å². The van der Waals surface area contributed by atoms with Gasteiger partial charge in [0, 0.05) is 87.3 Å². The highest BCUT2D eigenvalue weighted by Gasteiger charge is 2.64. The number of rotatable bonds is 7. The molecule has 0 radical (unpaired) electrons. The molecule has 0 bridgehead atoms. The molecule has 145 heavy (non-hydrogen) atoms. The Balaban J connectivity index is 0.000000103. The van der Waals surface area contributed by atoms with E-state index in [0.717, 1.165) is 51.8 Å². The van der Waals surface area contributed by atoms with E-state index in [1.807, 2.05) is 110 Å². The molecule has 0 atom stereocenters. The fourth-order valence-corrected chi connectivity index (χ4v) is 21.0. The van der Waals surface area contributed by atoms with Gasteiger partial charge in [-0.2, -0.15) is 0 Å². The van der Waals surface area contributed by atoms with E-state index < -0.39 is 21.1 Å². The van der Waals surface area contributed by atoms with E-state index in [1.54, 1.807) is 6.07 Å². The van der Waals surface area contributed by atoms with Crippen LogP contribution in [0, 0.1) is 3.57 Å². The fourth-order valence-electron chi connectivity index (χ4n) is 19.4. The first-order valence-electron chi connectivity index (χ1n) is 48.6. The molecule has 0 unspecified atom stereocenters. The number of hydrogen-bond acceptors (Lipinski definition) is 6. The summed E-state index contributed by atoms with van der Waals surface area (Å²) in [6, 6.07) is 161. The van der Waals surface area contributed by atoms with Crippen molar-refractivity contribution < 1.29 is 28.7 Å². The average Bonchev–Trinajstić information content (AvgIpc) is 1.60. The molecular formula is C127H104B3Br4IN4O6. The number of aromatic nitrogens is 4. The molecular weight excluding hydrogens is 2160 g/mol. The van der Waals surface area contributed by atoms with E-state index in [9.17, 15) is 10.0 Å². The van der Waals surface area contributed by atoms with E-state index >= 15 is 0 Å². The van der Waals surface area contributed by atoms with Crippen molar-refractivity contribution in [3.8, 4) is 45.0 Å².